The summed E-state index contributed by atoms with van der Waals surface area (Å²) in [5.74, 6) is -0.463. The van der Waals surface area contributed by atoms with Crippen molar-refractivity contribution >= 4 is 11.6 Å². The standard InChI is InChI=1S/C7H6O2/c8-6-4-1-2-5(3-4)7(6)9/h1-2,4-5H,3H2/t4-,5-/m0/s1. The van der Waals surface area contributed by atoms with Gasteiger partial charge in [-0.1, -0.05) is 12.2 Å². The lowest BCUT2D eigenvalue weighted by atomic mass is 10.1. The second-order valence-electron chi connectivity index (χ2n) is 2.56. The highest BCUT2D eigenvalue weighted by Gasteiger charge is 2.41. The van der Waals surface area contributed by atoms with Gasteiger partial charge in [0.2, 0.25) is 11.6 Å². The van der Waals surface area contributed by atoms with Crippen LogP contribution < -0.4 is 0 Å². The Morgan fingerprint density at radius 3 is 1.78 bits per heavy atom. The minimum absolute atomic E-state index is 0.0532. The van der Waals surface area contributed by atoms with Crippen molar-refractivity contribution in [2.75, 3.05) is 0 Å². The van der Waals surface area contributed by atoms with Gasteiger partial charge in [-0.05, 0) is 6.42 Å². The van der Waals surface area contributed by atoms with Crippen molar-refractivity contribution in [2.45, 2.75) is 6.42 Å². The van der Waals surface area contributed by atoms with E-state index >= 15 is 0 Å². The molecule has 2 atom stereocenters. The molecule has 2 heteroatoms. The molecule has 2 bridgehead atoms. The summed E-state index contributed by atoms with van der Waals surface area (Å²) < 4.78 is 0. The van der Waals surface area contributed by atoms with Crippen LogP contribution >= 0.6 is 0 Å². The Kier molecular flexibility index (Phi) is 0.721. The van der Waals surface area contributed by atoms with Gasteiger partial charge in [0.15, 0.2) is 0 Å². The van der Waals surface area contributed by atoms with E-state index in [4.69, 9.17) is 0 Å². The number of hydrogen-bond donors (Lipinski definition) is 0. The largest absolute Gasteiger partial charge is 0.290 e. The maximum Gasteiger partial charge on any atom is 0.205 e. The van der Waals surface area contributed by atoms with Gasteiger partial charge in [0.1, 0.15) is 0 Å². The Balaban J connectivity index is 2.47. The van der Waals surface area contributed by atoms with Crippen LogP contribution in [0.3, 0.4) is 0 Å². The minimum Gasteiger partial charge on any atom is -0.290 e. The van der Waals surface area contributed by atoms with Crippen molar-refractivity contribution in [3.8, 4) is 0 Å². The number of allylic oxidation sites excluding steroid dienone is 2. The fourth-order valence-electron chi connectivity index (χ4n) is 1.45. The highest BCUT2D eigenvalue weighted by Crippen LogP contribution is 2.32. The first-order valence-corrected chi connectivity index (χ1v) is 3.05. The van der Waals surface area contributed by atoms with E-state index in [1.807, 2.05) is 12.2 Å². The van der Waals surface area contributed by atoms with Gasteiger partial charge in [0.25, 0.3) is 0 Å². The molecule has 2 aliphatic rings. The topological polar surface area (TPSA) is 34.1 Å². The highest BCUT2D eigenvalue weighted by atomic mass is 16.2. The number of carbonyl (C=O) groups is 2. The molecule has 0 heterocycles. The zero-order chi connectivity index (χ0) is 6.43. The lowest BCUT2D eigenvalue weighted by Gasteiger charge is -1.96. The average Bonchev–Trinajstić information content (AvgIpc) is 2.37. The van der Waals surface area contributed by atoms with Crippen LogP contribution in [-0.2, 0) is 9.59 Å². The molecule has 0 aromatic carbocycles. The first-order valence-electron chi connectivity index (χ1n) is 3.05. The Labute approximate surface area is 52.6 Å². The van der Waals surface area contributed by atoms with Crippen LogP contribution in [0.2, 0.25) is 0 Å². The molecule has 2 rings (SSSR count). The molecule has 0 spiro atoms. The SMILES string of the molecule is O=C1C(=O)[C@H]2C=C[C@H]1C2. The predicted molar refractivity (Wildman–Crippen MR) is 30.8 cm³/mol. The van der Waals surface area contributed by atoms with E-state index in [9.17, 15) is 9.59 Å². The second-order valence-corrected chi connectivity index (χ2v) is 2.56. The van der Waals surface area contributed by atoms with Crippen LogP contribution in [0.4, 0.5) is 0 Å². The Bertz CT molecular complexity index is 193. The fourth-order valence-corrected chi connectivity index (χ4v) is 1.45. The van der Waals surface area contributed by atoms with Crippen molar-refractivity contribution in [1.29, 1.82) is 0 Å². The van der Waals surface area contributed by atoms with Gasteiger partial charge in [-0.3, -0.25) is 9.59 Å². The van der Waals surface area contributed by atoms with Crippen LogP contribution in [0.5, 0.6) is 0 Å². The third kappa shape index (κ3) is 0.453. The molecule has 0 aromatic heterocycles. The zero-order valence-corrected chi connectivity index (χ0v) is 4.83. The molecule has 2 nitrogen and oxygen atoms in total. The lowest BCUT2D eigenvalue weighted by Crippen LogP contribution is -2.17. The summed E-state index contributed by atoms with van der Waals surface area (Å²) in [6.07, 6.45) is 4.43. The summed E-state index contributed by atoms with van der Waals surface area (Å²) in [6.45, 7) is 0. The number of carbonyl (C=O) groups excluding carboxylic acids is 2. The molecule has 0 aromatic rings. The van der Waals surface area contributed by atoms with E-state index in [0.29, 0.717) is 0 Å². The fraction of sp³-hybridized carbons (Fsp3) is 0.429. The molecule has 9 heavy (non-hydrogen) atoms. The summed E-state index contributed by atoms with van der Waals surface area (Å²) in [4.78, 5) is 21.5. The van der Waals surface area contributed by atoms with Crippen LogP contribution in [-0.4, -0.2) is 11.6 Å². The first kappa shape index (κ1) is 4.91. The number of Topliss-reactive ketones (excluding diaryl/α,β-unsaturated/α-hetero) is 2. The number of fused-ring (bicyclic) bond motifs is 2. The number of hydrogen-bond acceptors (Lipinski definition) is 2. The zero-order valence-electron chi connectivity index (χ0n) is 4.83. The summed E-state index contributed by atoms with van der Waals surface area (Å²) in [5.41, 5.74) is 0. The van der Waals surface area contributed by atoms with E-state index in [0.717, 1.165) is 6.42 Å². The molecule has 1 fully saturated rings. The molecule has 0 unspecified atom stereocenters. The maximum atomic E-state index is 10.8. The molecule has 1 saturated carbocycles. The van der Waals surface area contributed by atoms with Gasteiger partial charge in [-0.25, -0.2) is 0 Å². The van der Waals surface area contributed by atoms with Crippen molar-refractivity contribution in [3.05, 3.63) is 12.2 Å². The van der Waals surface area contributed by atoms with E-state index in [2.05, 4.69) is 0 Å². The summed E-state index contributed by atoms with van der Waals surface area (Å²) in [6, 6.07) is 0. The van der Waals surface area contributed by atoms with Crippen LogP contribution in [0.15, 0.2) is 12.2 Å². The van der Waals surface area contributed by atoms with Gasteiger partial charge in [0, 0.05) is 11.8 Å². The third-order valence-electron chi connectivity index (χ3n) is 2.00. The quantitative estimate of drug-likeness (QED) is 0.342. The molecule has 0 amide bonds. The minimum atomic E-state index is -0.178. The molecular formula is C7H6O2. The Morgan fingerprint density at radius 2 is 1.56 bits per heavy atom. The smallest absolute Gasteiger partial charge is 0.205 e. The van der Waals surface area contributed by atoms with E-state index in [1.54, 1.807) is 0 Å². The molecule has 0 aliphatic heterocycles. The van der Waals surface area contributed by atoms with Gasteiger partial charge < -0.3 is 0 Å². The molecule has 0 radical (unpaired) electrons. The van der Waals surface area contributed by atoms with Crippen molar-refractivity contribution in [3.63, 3.8) is 0 Å². The highest BCUT2D eigenvalue weighted by molar-refractivity contribution is 6.42. The van der Waals surface area contributed by atoms with E-state index < -0.39 is 0 Å². The van der Waals surface area contributed by atoms with Gasteiger partial charge in [-0.15, -0.1) is 0 Å². The summed E-state index contributed by atoms with van der Waals surface area (Å²) in [7, 11) is 0. The second kappa shape index (κ2) is 1.32. The lowest BCUT2D eigenvalue weighted by molar-refractivity contribution is -0.136. The van der Waals surface area contributed by atoms with Crippen molar-refractivity contribution in [1.82, 2.24) is 0 Å². The Hall–Kier alpha value is -0.920. The number of rotatable bonds is 0. The van der Waals surface area contributed by atoms with Crippen LogP contribution in [0.1, 0.15) is 6.42 Å². The molecule has 46 valence electrons. The van der Waals surface area contributed by atoms with Gasteiger partial charge in [-0.2, -0.15) is 0 Å². The molecule has 0 saturated heterocycles. The van der Waals surface area contributed by atoms with Gasteiger partial charge >= 0.3 is 0 Å². The molecular weight excluding hydrogens is 116 g/mol. The predicted octanol–water partition coefficient (Wildman–Crippen LogP) is 0.330. The molecule has 2 aliphatic carbocycles. The average molecular weight is 122 g/mol. The number of ketones is 2. The van der Waals surface area contributed by atoms with Crippen molar-refractivity contribution in [2.24, 2.45) is 11.8 Å². The van der Waals surface area contributed by atoms with Crippen LogP contribution in [0.25, 0.3) is 0 Å². The first-order chi connectivity index (χ1) is 4.29. The Morgan fingerprint density at radius 1 is 1.11 bits per heavy atom. The van der Waals surface area contributed by atoms with E-state index in [1.165, 1.54) is 0 Å². The maximum absolute atomic E-state index is 10.8. The summed E-state index contributed by atoms with van der Waals surface area (Å²) >= 11 is 0. The monoisotopic (exact) mass is 122 g/mol. The normalized spacial score (nSPS) is 38.7. The third-order valence-corrected chi connectivity index (χ3v) is 2.00. The van der Waals surface area contributed by atoms with Crippen molar-refractivity contribution < 1.29 is 9.59 Å². The van der Waals surface area contributed by atoms with E-state index in [-0.39, 0.29) is 23.4 Å². The molecule has 0 N–H and O–H groups in total. The summed E-state index contributed by atoms with van der Waals surface area (Å²) in [5, 5.41) is 0. The van der Waals surface area contributed by atoms with Gasteiger partial charge in [0.05, 0.1) is 0 Å². The van der Waals surface area contributed by atoms with Crippen LogP contribution in [0, 0.1) is 11.8 Å².